The molecule has 0 spiro atoms. The van der Waals surface area contributed by atoms with Crippen LogP contribution in [0.2, 0.25) is 0 Å². The van der Waals surface area contributed by atoms with Crippen LogP contribution in [0.5, 0.6) is 5.75 Å². The van der Waals surface area contributed by atoms with Crippen LogP contribution in [0, 0.1) is 19.8 Å². The van der Waals surface area contributed by atoms with Crippen molar-refractivity contribution in [2.24, 2.45) is 5.92 Å². The van der Waals surface area contributed by atoms with Crippen LogP contribution in [0.15, 0.2) is 12.1 Å². The first kappa shape index (κ1) is 21.2. The Balaban J connectivity index is 0.00000144. The molecule has 0 aromatic heterocycles. The van der Waals surface area contributed by atoms with Crippen LogP contribution in [-0.4, -0.2) is 62.0 Å². The summed E-state index contributed by atoms with van der Waals surface area (Å²) >= 11 is 0. The number of carbonyl (C=O) groups excluding carboxylic acids is 1. The number of fused-ring (bicyclic) bond motifs is 1. The second-order valence-electron chi connectivity index (χ2n) is 6.73. The van der Waals surface area contributed by atoms with E-state index < -0.39 is 0 Å². The van der Waals surface area contributed by atoms with Crippen LogP contribution in [0.1, 0.15) is 27.9 Å². The van der Waals surface area contributed by atoms with Crippen molar-refractivity contribution >= 4 is 30.6 Å². The van der Waals surface area contributed by atoms with Gasteiger partial charge in [0.25, 0.3) is 0 Å². The minimum atomic E-state index is 0. The van der Waals surface area contributed by atoms with Gasteiger partial charge >= 0.3 is 0 Å². The highest BCUT2D eigenvalue weighted by molar-refractivity contribution is 6.01. The van der Waals surface area contributed by atoms with Crippen molar-refractivity contribution in [2.75, 3.05) is 46.4 Å². The lowest BCUT2D eigenvalue weighted by atomic mass is 9.92. The summed E-state index contributed by atoms with van der Waals surface area (Å²) in [6.45, 7) is 9.92. The van der Waals surface area contributed by atoms with Crippen LogP contribution in [-0.2, 0) is 0 Å². The summed E-state index contributed by atoms with van der Waals surface area (Å²) < 4.78 is 5.84. The maximum Gasteiger partial charge on any atom is 0.171 e. The molecule has 2 aliphatic rings. The molecule has 0 bridgehead atoms. The van der Waals surface area contributed by atoms with E-state index in [0.717, 1.165) is 56.0 Å². The van der Waals surface area contributed by atoms with Crippen molar-refractivity contribution in [3.8, 4) is 5.75 Å². The van der Waals surface area contributed by atoms with Crippen LogP contribution in [0.4, 0.5) is 0 Å². The van der Waals surface area contributed by atoms with Gasteiger partial charge < -0.3 is 14.5 Å². The number of carbonyl (C=O) groups is 1. The fourth-order valence-corrected chi connectivity index (χ4v) is 3.28. The summed E-state index contributed by atoms with van der Waals surface area (Å²) in [5.74, 6) is 1.09. The maximum absolute atomic E-state index is 12.9. The highest BCUT2D eigenvalue weighted by atomic mass is 35.5. The molecule has 6 heteroatoms. The number of hydrogen-bond acceptors (Lipinski definition) is 4. The molecule has 0 amide bonds. The minimum absolute atomic E-state index is 0. The highest BCUT2D eigenvalue weighted by Gasteiger charge is 2.29. The lowest BCUT2D eigenvalue weighted by Crippen LogP contribution is -2.47. The minimum Gasteiger partial charge on any atom is -0.493 e. The van der Waals surface area contributed by atoms with E-state index in [-0.39, 0.29) is 36.5 Å². The Kier molecular flexibility index (Phi) is 8.00. The van der Waals surface area contributed by atoms with Gasteiger partial charge in [0.2, 0.25) is 0 Å². The fraction of sp³-hybridized carbons (Fsp3) is 0.611. The Hall–Kier alpha value is -0.810. The van der Waals surface area contributed by atoms with E-state index in [2.05, 4.69) is 30.7 Å². The molecule has 136 valence electrons. The first-order valence-electron chi connectivity index (χ1n) is 8.24. The normalized spacial score (nSPS) is 21.8. The quantitative estimate of drug-likeness (QED) is 0.796. The summed E-state index contributed by atoms with van der Waals surface area (Å²) in [7, 11) is 2.16. The number of ether oxygens (including phenoxy) is 1. The Morgan fingerprint density at radius 3 is 2.38 bits per heavy atom. The molecule has 1 unspecified atom stereocenters. The summed E-state index contributed by atoms with van der Waals surface area (Å²) in [5.41, 5.74) is 3.12. The smallest absolute Gasteiger partial charge is 0.171 e. The van der Waals surface area contributed by atoms with Gasteiger partial charge in [0.1, 0.15) is 5.75 Å². The first-order valence-corrected chi connectivity index (χ1v) is 8.24. The second-order valence-corrected chi connectivity index (χ2v) is 6.73. The number of nitrogens with zero attached hydrogens (tertiary/aromatic N) is 2. The molecule has 1 atom stereocenters. The highest BCUT2D eigenvalue weighted by Crippen LogP contribution is 2.30. The lowest BCUT2D eigenvalue weighted by molar-refractivity contribution is 0.0825. The summed E-state index contributed by atoms with van der Waals surface area (Å²) in [4.78, 5) is 17.7. The zero-order chi connectivity index (χ0) is 15.7. The van der Waals surface area contributed by atoms with Crippen LogP contribution in [0.3, 0.4) is 0 Å². The standard InChI is InChI=1S/C18H26N2O2.2ClH/c1-13-10-16-17(11-14(13)2)22-9-4-15(18(16)21)12-20-7-5-19(3)6-8-20;;/h10-11,15H,4-9,12H2,1-3H3;2*1H. The SMILES string of the molecule is Cc1cc2c(cc1C)C(=O)C(CN1CCN(C)CC1)CCO2.Cl.Cl. The molecule has 0 N–H and O–H groups in total. The molecule has 3 rings (SSSR count). The molecule has 0 radical (unpaired) electrons. The van der Waals surface area contributed by atoms with Gasteiger partial charge in [0, 0.05) is 38.6 Å². The number of benzene rings is 1. The number of ketones is 1. The van der Waals surface area contributed by atoms with Gasteiger partial charge in [-0.25, -0.2) is 0 Å². The molecule has 1 aromatic carbocycles. The molecule has 1 saturated heterocycles. The lowest BCUT2D eigenvalue weighted by Gasteiger charge is -2.34. The van der Waals surface area contributed by atoms with E-state index in [1.807, 2.05) is 12.1 Å². The molecule has 1 fully saturated rings. The van der Waals surface area contributed by atoms with Crippen molar-refractivity contribution in [1.29, 1.82) is 0 Å². The van der Waals surface area contributed by atoms with Crippen molar-refractivity contribution in [1.82, 2.24) is 9.80 Å². The summed E-state index contributed by atoms with van der Waals surface area (Å²) in [5, 5.41) is 0. The number of piperazine rings is 1. The zero-order valence-electron chi connectivity index (χ0n) is 14.7. The van der Waals surface area contributed by atoms with E-state index in [4.69, 9.17) is 4.74 Å². The van der Waals surface area contributed by atoms with E-state index >= 15 is 0 Å². The topological polar surface area (TPSA) is 32.8 Å². The number of likely N-dealkylation sites (N-methyl/N-ethyl adjacent to an activating group) is 1. The Morgan fingerprint density at radius 2 is 1.71 bits per heavy atom. The summed E-state index contributed by atoms with van der Waals surface area (Å²) in [6, 6.07) is 4.02. The van der Waals surface area contributed by atoms with Gasteiger partial charge in [0.15, 0.2) is 5.78 Å². The molecule has 24 heavy (non-hydrogen) atoms. The number of hydrogen-bond donors (Lipinski definition) is 0. The molecule has 1 aromatic rings. The van der Waals surface area contributed by atoms with Gasteiger partial charge in [0.05, 0.1) is 12.2 Å². The third-order valence-corrected chi connectivity index (χ3v) is 5.03. The van der Waals surface area contributed by atoms with Gasteiger partial charge in [-0.3, -0.25) is 4.79 Å². The molecule has 2 aliphatic heterocycles. The van der Waals surface area contributed by atoms with Crippen molar-refractivity contribution < 1.29 is 9.53 Å². The van der Waals surface area contributed by atoms with E-state index in [9.17, 15) is 4.79 Å². The van der Waals surface area contributed by atoms with E-state index in [0.29, 0.717) is 6.61 Å². The average molecular weight is 375 g/mol. The summed E-state index contributed by atoms with van der Waals surface area (Å²) in [6.07, 6.45) is 0.817. The van der Waals surface area contributed by atoms with Crippen molar-refractivity contribution in [2.45, 2.75) is 20.3 Å². The first-order chi connectivity index (χ1) is 10.5. The Bertz CT molecular complexity index is 572. The average Bonchev–Trinajstić information content (AvgIpc) is 2.63. The largest absolute Gasteiger partial charge is 0.493 e. The van der Waals surface area contributed by atoms with Crippen molar-refractivity contribution in [3.05, 3.63) is 28.8 Å². The van der Waals surface area contributed by atoms with Crippen LogP contribution < -0.4 is 4.74 Å². The molecule has 4 nitrogen and oxygen atoms in total. The number of aryl methyl sites for hydroxylation is 2. The predicted octanol–water partition coefficient (Wildman–Crippen LogP) is 2.98. The third kappa shape index (κ3) is 4.63. The molecule has 0 saturated carbocycles. The molecular formula is C18H28Cl2N2O2. The fourth-order valence-electron chi connectivity index (χ4n) is 3.28. The van der Waals surface area contributed by atoms with Gasteiger partial charge in [-0.05, 0) is 50.6 Å². The third-order valence-electron chi connectivity index (χ3n) is 5.03. The van der Waals surface area contributed by atoms with Gasteiger partial charge in [-0.15, -0.1) is 24.8 Å². The number of halogens is 2. The Morgan fingerprint density at radius 1 is 1.08 bits per heavy atom. The predicted molar refractivity (Wildman–Crippen MR) is 102 cm³/mol. The van der Waals surface area contributed by atoms with Gasteiger partial charge in [-0.1, -0.05) is 0 Å². The van der Waals surface area contributed by atoms with Crippen molar-refractivity contribution in [3.63, 3.8) is 0 Å². The molecule has 2 heterocycles. The van der Waals surface area contributed by atoms with Crippen LogP contribution in [0.25, 0.3) is 0 Å². The zero-order valence-corrected chi connectivity index (χ0v) is 16.3. The molecular weight excluding hydrogens is 347 g/mol. The van der Waals surface area contributed by atoms with E-state index in [1.165, 1.54) is 5.56 Å². The van der Waals surface area contributed by atoms with Crippen LogP contribution >= 0.6 is 24.8 Å². The Labute approximate surface area is 157 Å². The number of Topliss-reactive ketones (excluding diaryl/α,β-unsaturated/α-hetero) is 1. The van der Waals surface area contributed by atoms with Gasteiger partial charge in [-0.2, -0.15) is 0 Å². The monoisotopic (exact) mass is 374 g/mol. The number of rotatable bonds is 2. The second kappa shape index (κ2) is 9.04. The maximum atomic E-state index is 12.9. The van der Waals surface area contributed by atoms with E-state index in [1.54, 1.807) is 0 Å². The molecule has 0 aliphatic carbocycles.